The van der Waals surface area contributed by atoms with Gasteiger partial charge in [-0.3, -0.25) is 9.47 Å². The summed E-state index contributed by atoms with van der Waals surface area (Å²) in [5.41, 5.74) is 0.963. The molecule has 0 amide bonds. The molecule has 1 saturated heterocycles. The van der Waals surface area contributed by atoms with E-state index in [0.717, 1.165) is 31.1 Å². The summed E-state index contributed by atoms with van der Waals surface area (Å²) in [4.78, 5) is 2.42. The van der Waals surface area contributed by atoms with Gasteiger partial charge in [0.25, 0.3) is 0 Å². The van der Waals surface area contributed by atoms with E-state index in [1.54, 1.807) is 6.07 Å². The van der Waals surface area contributed by atoms with E-state index in [1.165, 1.54) is 36.7 Å². The molecule has 2 heterocycles. The zero-order chi connectivity index (χ0) is 21.8. The van der Waals surface area contributed by atoms with Crippen molar-refractivity contribution in [3.63, 3.8) is 0 Å². The van der Waals surface area contributed by atoms with E-state index in [1.807, 2.05) is 34.9 Å². The van der Waals surface area contributed by atoms with E-state index in [0.29, 0.717) is 15.9 Å². The predicted octanol–water partition coefficient (Wildman–Crippen LogP) is 4.74. The first kappa shape index (κ1) is 22.6. The largest absolute Gasteiger partial charge is 0.296 e. The van der Waals surface area contributed by atoms with Gasteiger partial charge in [0.2, 0.25) is 0 Å². The van der Waals surface area contributed by atoms with Crippen LogP contribution in [0.2, 0.25) is 10.0 Å². The van der Waals surface area contributed by atoms with E-state index in [-0.39, 0.29) is 15.7 Å². The van der Waals surface area contributed by atoms with Gasteiger partial charge in [-0.25, -0.2) is 8.42 Å². The van der Waals surface area contributed by atoms with Crippen molar-refractivity contribution in [2.24, 2.45) is 0 Å². The third-order valence-electron chi connectivity index (χ3n) is 5.09. The summed E-state index contributed by atoms with van der Waals surface area (Å²) in [6, 6.07) is 14.4. The summed E-state index contributed by atoms with van der Waals surface area (Å²) in [7, 11) is -3.58. The summed E-state index contributed by atoms with van der Waals surface area (Å²) < 4.78 is 27.6. The van der Waals surface area contributed by atoms with Gasteiger partial charge in [-0.15, -0.1) is 10.2 Å². The molecule has 1 aromatic heterocycles. The Labute approximate surface area is 196 Å². The maximum Gasteiger partial charge on any atom is 0.195 e. The molecule has 2 aromatic carbocycles. The Kier molecular flexibility index (Phi) is 7.23. The topological polar surface area (TPSA) is 68.1 Å². The van der Waals surface area contributed by atoms with Gasteiger partial charge in [0.15, 0.2) is 20.8 Å². The van der Waals surface area contributed by atoms with Gasteiger partial charge in [-0.2, -0.15) is 0 Å². The highest BCUT2D eigenvalue weighted by atomic mass is 35.5. The number of rotatable bonds is 8. The molecule has 0 spiro atoms. The van der Waals surface area contributed by atoms with Crippen LogP contribution in [0.4, 0.5) is 0 Å². The molecule has 6 nitrogen and oxygen atoms in total. The second-order valence-corrected chi connectivity index (χ2v) is 11.3. The molecule has 31 heavy (non-hydrogen) atoms. The van der Waals surface area contributed by atoms with Crippen LogP contribution in [0.3, 0.4) is 0 Å². The third-order valence-corrected chi connectivity index (χ3v) is 8.71. The lowest BCUT2D eigenvalue weighted by Crippen LogP contribution is -2.21. The van der Waals surface area contributed by atoms with Crippen molar-refractivity contribution in [1.82, 2.24) is 19.7 Å². The van der Waals surface area contributed by atoms with Crippen molar-refractivity contribution in [3.05, 3.63) is 64.4 Å². The molecule has 0 radical (unpaired) electrons. The Hall–Kier alpha value is -1.58. The summed E-state index contributed by atoms with van der Waals surface area (Å²) in [6.07, 6.45) is 2.40. The van der Waals surface area contributed by atoms with Crippen molar-refractivity contribution in [1.29, 1.82) is 0 Å². The molecule has 0 aliphatic carbocycles. The van der Waals surface area contributed by atoms with E-state index in [2.05, 4.69) is 15.1 Å². The number of benzene rings is 2. The second-order valence-electron chi connectivity index (χ2n) is 7.30. The van der Waals surface area contributed by atoms with E-state index in [9.17, 15) is 8.42 Å². The molecule has 1 aliphatic heterocycles. The summed E-state index contributed by atoms with van der Waals surface area (Å²) in [6.45, 7) is 2.84. The van der Waals surface area contributed by atoms with Crippen LogP contribution in [0.5, 0.6) is 0 Å². The highest BCUT2D eigenvalue weighted by Gasteiger charge is 2.22. The number of nitrogens with zero attached hydrogens (tertiary/aromatic N) is 4. The molecule has 0 atom stereocenters. The molecule has 0 bridgehead atoms. The number of hydrogen-bond donors (Lipinski definition) is 0. The van der Waals surface area contributed by atoms with Crippen LogP contribution in [-0.4, -0.2) is 52.7 Å². The lowest BCUT2D eigenvalue weighted by molar-refractivity contribution is 0.319. The molecule has 0 N–H and O–H groups in total. The van der Waals surface area contributed by atoms with E-state index in [4.69, 9.17) is 23.2 Å². The molecular weight excluding hydrogens is 475 g/mol. The maximum atomic E-state index is 12.8. The van der Waals surface area contributed by atoms with Crippen LogP contribution in [0.1, 0.15) is 18.7 Å². The quantitative estimate of drug-likeness (QED) is 0.419. The fourth-order valence-electron chi connectivity index (χ4n) is 3.54. The minimum Gasteiger partial charge on any atom is -0.296 e. The van der Waals surface area contributed by atoms with Gasteiger partial charge in [-0.05, 0) is 56.3 Å². The predicted molar refractivity (Wildman–Crippen MR) is 125 cm³/mol. The Balaban J connectivity index is 1.53. The normalized spacial score (nSPS) is 14.9. The minimum absolute atomic E-state index is 0.0570. The highest BCUT2D eigenvalue weighted by molar-refractivity contribution is 8.00. The van der Waals surface area contributed by atoms with Crippen LogP contribution in [0.15, 0.2) is 58.6 Å². The SMILES string of the molecule is O=S(=O)(CCSc1nnc(CN2CCCC2)n1-c1ccccc1)c1cc(Cl)ccc1Cl. The fourth-order valence-corrected chi connectivity index (χ4v) is 6.97. The Morgan fingerprint density at radius 3 is 2.48 bits per heavy atom. The molecule has 1 fully saturated rings. The Bertz CT molecular complexity index is 1150. The Morgan fingerprint density at radius 2 is 1.74 bits per heavy atom. The Morgan fingerprint density at radius 1 is 1.00 bits per heavy atom. The number of likely N-dealkylation sites (tertiary alicyclic amines) is 1. The van der Waals surface area contributed by atoms with Crippen molar-refractivity contribution in [3.8, 4) is 5.69 Å². The summed E-state index contributed by atoms with van der Waals surface area (Å²) in [5.74, 6) is 1.09. The van der Waals surface area contributed by atoms with Gasteiger partial charge in [0.05, 0.1) is 22.2 Å². The third kappa shape index (κ3) is 5.43. The van der Waals surface area contributed by atoms with E-state index < -0.39 is 9.84 Å². The second kappa shape index (κ2) is 9.92. The minimum atomic E-state index is -3.58. The number of hydrogen-bond acceptors (Lipinski definition) is 6. The molecule has 1 aliphatic rings. The number of halogens is 2. The number of aromatic nitrogens is 3. The molecular formula is C21H22Cl2N4O2S2. The zero-order valence-corrected chi connectivity index (χ0v) is 19.9. The molecule has 3 aromatic rings. The smallest absolute Gasteiger partial charge is 0.195 e. The van der Waals surface area contributed by atoms with Crippen molar-refractivity contribution in [2.75, 3.05) is 24.6 Å². The summed E-state index contributed by atoms with van der Waals surface area (Å²) in [5, 5.41) is 9.97. The monoisotopic (exact) mass is 496 g/mol. The highest BCUT2D eigenvalue weighted by Crippen LogP contribution is 2.28. The van der Waals surface area contributed by atoms with Crippen LogP contribution >= 0.6 is 35.0 Å². The molecule has 0 saturated carbocycles. The van der Waals surface area contributed by atoms with Gasteiger partial charge in [0.1, 0.15) is 0 Å². The summed E-state index contributed by atoms with van der Waals surface area (Å²) >= 11 is 13.4. The van der Waals surface area contributed by atoms with Crippen molar-refractivity contribution >= 4 is 44.8 Å². The van der Waals surface area contributed by atoms with Gasteiger partial charge >= 0.3 is 0 Å². The maximum absolute atomic E-state index is 12.8. The van der Waals surface area contributed by atoms with Crippen LogP contribution in [0.25, 0.3) is 5.69 Å². The molecule has 4 rings (SSSR count). The average Bonchev–Trinajstić information content (AvgIpc) is 3.41. The van der Waals surface area contributed by atoms with Gasteiger partial charge in [-0.1, -0.05) is 53.2 Å². The first-order valence-corrected chi connectivity index (χ1v) is 13.4. The molecule has 0 unspecified atom stereocenters. The van der Waals surface area contributed by atoms with Crippen molar-refractivity contribution in [2.45, 2.75) is 29.4 Å². The molecule has 10 heteroatoms. The molecule has 164 valence electrons. The zero-order valence-electron chi connectivity index (χ0n) is 16.7. The number of sulfone groups is 1. The van der Waals surface area contributed by atoms with Gasteiger partial charge in [0, 0.05) is 16.5 Å². The standard InChI is InChI=1S/C21H22Cl2N4O2S2/c22-16-8-9-18(23)19(14-16)31(28,29)13-12-30-21-25-24-20(15-26-10-4-5-11-26)27(21)17-6-2-1-3-7-17/h1-3,6-9,14H,4-5,10-13,15H2. The van der Waals surface area contributed by atoms with Crippen LogP contribution in [0, 0.1) is 0 Å². The first-order chi connectivity index (χ1) is 14.9. The van der Waals surface area contributed by atoms with Crippen LogP contribution in [-0.2, 0) is 16.4 Å². The number of thioether (sulfide) groups is 1. The van der Waals surface area contributed by atoms with E-state index >= 15 is 0 Å². The lowest BCUT2D eigenvalue weighted by atomic mass is 10.3. The average molecular weight is 497 g/mol. The first-order valence-electron chi connectivity index (χ1n) is 9.97. The fraction of sp³-hybridized carbons (Fsp3) is 0.333. The van der Waals surface area contributed by atoms with Gasteiger partial charge < -0.3 is 0 Å². The lowest BCUT2D eigenvalue weighted by Gasteiger charge is -2.16. The number of para-hydroxylation sites is 1. The van der Waals surface area contributed by atoms with Crippen LogP contribution < -0.4 is 0 Å². The van der Waals surface area contributed by atoms with Crippen molar-refractivity contribution < 1.29 is 8.42 Å².